The maximum absolute atomic E-state index is 13.6. The number of benzene rings is 1. The van der Waals surface area contributed by atoms with Gasteiger partial charge in [0.2, 0.25) is 0 Å². The Balaban J connectivity index is 3.11. The largest absolute Gasteiger partial charge is 0.478 e. The van der Waals surface area contributed by atoms with Gasteiger partial charge in [0.05, 0.1) is 12.2 Å². The molecule has 18 heavy (non-hydrogen) atoms. The molecule has 0 spiro atoms. The molecule has 6 heteroatoms. The molecule has 0 saturated heterocycles. The third-order valence-corrected chi connectivity index (χ3v) is 2.22. The summed E-state index contributed by atoms with van der Waals surface area (Å²) in [4.78, 5) is 11.5. The van der Waals surface area contributed by atoms with Crippen molar-refractivity contribution in [3.8, 4) is 0 Å². The number of hydrogen-bond donors (Lipinski definition) is 1. The number of alkyl halides is 2. The Labute approximate surface area is 102 Å². The predicted octanol–water partition coefficient (Wildman–Crippen LogP) is 2.62. The second-order valence-corrected chi connectivity index (χ2v) is 3.62. The third kappa shape index (κ3) is 3.80. The molecule has 1 aromatic rings. The summed E-state index contributed by atoms with van der Waals surface area (Å²) >= 11 is 0. The third-order valence-electron chi connectivity index (χ3n) is 2.22. The van der Waals surface area contributed by atoms with Crippen LogP contribution in [-0.4, -0.2) is 31.1 Å². The second kappa shape index (κ2) is 6.09. The summed E-state index contributed by atoms with van der Waals surface area (Å²) < 4.78 is 38.2. The van der Waals surface area contributed by atoms with Crippen LogP contribution in [0.15, 0.2) is 24.3 Å². The average molecular weight is 259 g/mol. The molecule has 0 aliphatic heterocycles. The number of nitrogens with zero attached hydrogens (tertiary/aromatic N) is 1. The van der Waals surface area contributed by atoms with Crippen molar-refractivity contribution in [1.29, 1.82) is 0 Å². The van der Waals surface area contributed by atoms with Crippen LogP contribution in [0.3, 0.4) is 0 Å². The van der Waals surface area contributed by atoms with Crippen molar-refractivity contribution in [3.63, 3.8) is 0 Å². The van der Waals surface area contributed by atoms with Crippen LogP contribution >= 0.6 is 0 Å². The Hall–Kier alpha value is -1.98. The summed E-state index contributed by atoms with van der Waals surface area (Å²) in [6.45, 7) is -0.630. The van der Waals surface area contributed by atoms with Gasteiger partial charge in [-0.05, 0) is 12.1 Å². The van der Waals surface area contributed by atoms with Crippen LogP contribution < -0.4 is 4.90 Å². The number of hydrogen-bond acceptors (Lipinski definition) is 2. The first-order valence-electron chi connectivity index (χ1n) is 5.10. The Morgan fingerprint density at radius 2 is 2.17 bits per heavy atom. The van der Waals surface area contributed by atoms with E-state index in [1.165, 1.54) is 25.3 Å². The van der Waals surface area contributed by atoms with Gasteiger partial charge >= 0.3 is 5.97 Å². The van der Waals surface area contributed by atoms with E-state index in [4.69, 9.17) is 5.11 Å². The van der Waals surface area contributed by atoms with E-state index in [0.29, 0.717) is 0 Å². The number of carbonyl (C=O) groups is 1. The fourth-order valence-corrected chi connectivity index (χ4v) is 1.53. The molecule has 1 aromatic carbocycles. The molecule has 0 amide bonds. The Morgan fingerprint density at radius 1 is 1.50 bits per heavy atom. The highest BCUT2D eigenvalue weighted by molar-refractivity contribution is 5.87. The lowest BCUT2D eigenvalue weighted by Gasteiger charge is -2.21. The monoisotopic (exact) mass is 259 g/mol. The van der Waals surface area contributed by atoms with E-state index in [1.807, 2.05) is 0 Å². The number of halogens is 3. The van der Waals surface area contributed by atoms with Gasteiger partial charge in [-0.25, -0.2) is 18.0 Å². The first kappa shape index (κ1) is 14.1. The van der Waals surface area contributed by atoms with Crippen LogP contribution in [0.1, 0.15) is 5.56 Å². The van der Waals surface area contributed by atoms with Crippen molar-refractivity contribution in [2.24, 2.45) is 0 Å². The van der Waals surface area contributed by atoms with Crippen LogP contribution in [0.25, 0.3) is 6.08 Å². The van der Waals surface area contributed by atoms with Crippen LogP contribution in [0.4, 0.5) is 18.9 Å². The molecule has 1 N–H and O–H groups in total. The molecule has 0 aliphatic rings. The molecule has 3 nitrogen and oxygen atoms in total. The van der Waals surface area contributed by atoms with Gasteiger partial charge in [0.25, 0.3) is 6.43 Å². The summed E-state index contributed by atoms with van der Waals surface area (Å²) in [6, 6.07) is 3.98. The maximum Gasteiger partial charge on any atom is 0.328 e. The molecule has 0 fully saturated rings. The molecule has 0 aliphatic carbocycles. The molecule has 0 radical (unpaired) electrons. The van der Waals surface area contributed by atoms with E-state index in [9.17, 15) is 18.0 Å². The van der Waals surface area contributed by atoms with E-state index in [-0.39, 0.29) is 11.3 Å². The van der Waals surface area contributed by atoms with E-state index >= 15 is 0 Å². The molecular formula is C12H12F3NO2. The summed E-state index contributed by atoms with van der Waals surface area (Å²) in [5.74, 6) is -1.87. The number of anilines is 1. The van der Waals surface area contributed by atoms with Crippen molar-refractivity contribution >= 4 is 17.7 Å². The second-order valence-electron chi connectivity index (χ2n) is 3.62. The Morgan fingerprint density at radius 3 is 2.72 bits per heavy atom. The van der Waals surface area contributed by atoms with Gasteiger partial charge in [0, 0.05) is 18.7 Å². The maximum atomic E-state index is 13.6. The molecule has 0 bridgehead atoms. The molecule has 0 atom stereocenters. The number of carboxylic acid groups (broad SMARTS) is 1. The number of aliphatic carboxylic acids is 1. The number of rotatable bonds is 5. The van der Waals surface area contributed by atoms with Gasteiger partial charge in [0.1, 0.15) is 5.82 Å². The summed E-state index contributed by atoms with van der Waals surface area (Å²) in [5, 5.41) is 8.50. The zero-order chi connectivity index (χ0) is 13.7. The molecular weight excluding hydrogens is 247 g/mol. The van der Waals surface area contributed by atoms with Crippen LogP contribution in [0.5, 0.6) is 0 Å². The van der Waals surface area contributed by atoms with Gasteiger partial charge in [-0.1, -0.05) is 12.1 Å². The lowest BCUT2D eigenvalue weighted by atomic mass is 10.1. The summed E-state index contributed by atoms with van der Waals surface area (Å²) in [5.41, 5.74) is 0.191. The minimum absolute atomic E-state index is 0.0460. The number of carboxylic acids is 1. The molecule has 0 heterocycles. The SMILES string of the molecule is CN(CC(F)F)c1c(F)cccc1/C=C/C(=O)O. The minimum atomic E-state index is -2.61. The van der Waals surface area contributed by atoms with Crippen molar-refractivity contribution in [2.75, 3.05) is 18.5 Å². The summed E-state index contributed by atoms with van der Waals surface area (Å²) in [6.07, 6.45) is -0.608. The fraction of sp³-hybridized carbons (Fsp3) is 0.250. The molecule has 1 rings (SSSR count). The highest BCUT2D eigenvalue weighted by Gasteiger charge is 2.15. The Kier molecular flexibility index (Phi) is 4.76. The summed E-state index contributed by atoms with van der Waals surface area (Å²) in [7, 11) is 1.32. The molecule has 0 aromatic heterocycles. The molecule has 98 valence electrons. The first-order chi connectivity index (χ1) is 8.41. The fourth-order valence-electron chi connectivity index (χ4n) is 1.53. The van der Waals surface area contributed by atoms with Crippen molar-refractivity contribution in [3.05, 3.63) is 35.7 Å². The van der Waals surface area contributed by atoms with Crippen LogP contribution in [0, 0.1) is 5.82 Å². The van der Waals surface area contributed by atoms with E-state index in [1.54, 1.807) is 0 Å². The standard InChI is InChI=1S/C12H12F3NO2/c1-16(7-10(14)15)12-8(5-6-11(17)18)3-2-4-9(12)13/h2-6,10H,7H2,1H3,(H,17,18)/b6-5+. The smallest absolute Gasteiger partial charge is 0.328 e. The topological polar surface area (TPSA) is 40.5 Å². The van der Waals surface area contributed by atoms with E-state index in [0.717, 1.165) is 17.0 Å². The highest BCUT2D eigenvalue weighted by Crippen LogP contribution is 2.25. The lowest BCUT2D eigenvalue weighted by Crippen LogP contribution is -2.25. The van der Waals surface area contributed by atoms with E-state index < -0.39 is 24.8 Å². The van der Waals surface area contributed by atoms with E-state index in [2.05, 4.69) is 0 Å². The number of para-hydroxylation sites is 1. The highest BCUT2D eigenvalue weighted by atomic mass is 19.3. The minimum Gasteiger partial charge on any atom is -0.478 e. The first-order valence-corrected chi connectivity index (χ1v) is 5.10. The van der Waals surface area contributed by atoms with Crippen molar-refractivity contribution in [1.82, 2.24) is 0 Å². The zero-order valence-electron chi connectivity index (χ0n) is 9.61. The predicted molar refractivity (Wildman–Crippen MR) is 62.3 cm³/mol. The van der Waals surface area contributed by atoms with Gasteiger partial charge in [0.15, 0.2) is 0 Å². The van der Waals surface area contributed by atoms with Gasteiger partial charge in [-0.3, -0.25) is 0 Å². The molecule has 0 unspecified atom stereocenters. The van der Waals surface area contributed by atoms with Gasteiger partial charge in [-0.2, -0.15) is 0 Å². The Bertz CT molecular complexity index is 461. The molecule has 0 saturated carbocycles. The lowest BCUT2D eigenvalue weighted by molar-refractivity contribution is -0.131. The average Bonchev–Trinajstić information content (AvgIpc) is 2.24. The van der Waals surface area contributed by atoms with Crippen LogP contribution in [-0.2, 0) is 4.79 Å². The quantitative estimate of drug-likeness (QED) is 0.826. The van der Waals surface area contributed by atoms with Gasteiger partial charge in [-0.15, -0.1) is 0 Å². The van der Waals surface area contributed by atoms with Crippen molar-refractivity contribution in [2.45, 2.75) is 6.43 Å². The van der Waals surface area contributed by atoms with Crippen LogP contribution in [0.2, 0.25) is 0 Å². The normalized spacial score (nSPS) is 11.2. The van der Waals surface area contributed by atoms with Crippen molar-refractivity contribution < 1.29 is 23.1 Å². The van der Waals surface area contributed by atoms with Gasteiger partial charge < -0.3 is 10.0 Å². The zero-order valence-corrected chi connectivity index (χ0v) is 9.61.